The Morgan fingerprint density at radius 3 is 2.76 bits per heavy atom. The van der Waals surface area contributed by atoms with Gasteiger partial charge in [0.1, 0.15) is 6.04 Å². The molecule has 0 aliphatic carbocycles. The maximum atomic E-state index is 12.1. The molecule has 1 aromatic rings. The largest absolute Gasteiger partial charge is 0.478 e. The molecule has 1 unspecified atom stereocenters. The van der Waals surface area contributed by atoms with Gasteiger partial charge in [-0.25, -0.2) is 9.59 Å². The summed E-state index contributed by atoms with van der Waals surface area (Å²) in [6, 6.07) is 5.74. The maximum Gasteiger partial charge on any atom is 0.335 e. The number of rotatable bonds is 3. The van der Waals surface area contributed by atoms with E-state index in [1.54, 1.807) is 17.0 Å². The monoisotopic (exact) mass is 288 g/mol. The normalized spacial score (nSPS) is 17.9. The zero-order chi connectivity index (χ0) is 15.2. The van der Waals surface area contributed by atoms with Crippen LogP contribution >= 0.6 is 0 Å². The van der Waals surface area contributed by atoms with E-state index in [9.17, 15) is 9.59 Å². The second kappa shape index (κ2) is 6.77. The lowest BCUT2D eigenvalue weighted by atomic mass is 10.1. The van der Waals surface area contributed by atoms with Gasteiger partial charge in [-0.15, -0.1) is 6.42 Å². The third-order valence-corrected chi connectivity index (χ3v) is 3.23. The van der Waals surface area contributed by atoms with E-state index in [2.05, 4.69) is 11.2 Å². The summed E-state index contributed by atoms with van der Waals surface area (Å²) in [5.41, 5.74) is 1.03. The Bertz CT molecular complexity index is 562. The highest BCUT2D eigenvalue weighted by atomic mass is 16.5. The topological polar surface area (TPSA) is 78.9 Å². The Balaban J connectivity index is 1.91. The Morgan fingerprint density at radius 2 is 2.14 bits per heavy atom. The van der Waals surface area contributed by atoms with Gasteiger partial charge in [-0.3, -0.25) is 0 Å². The molecule has 1 aliphatic rings. The predicted octanol–water partition coefficient (Wildman–Crippen LogP) is 0.928. The molecule has 1 heterocycles. The zero-order valence-electron chi connectivity index (χ0n) is 11.4. The molecular weight excluding hydrogens is 272 g/mol. The van der Waals surface area contributed by atoms with Gasteiger partial charge in [-0.05, 0) is 17.7 Å². The van der Waals surface area contributed by atoms with Gasteiger partial charge in [0.25, 0.3) is 0 Å². The van der Waals surface area contributed by atoms with Crippen LogP contribution in [-0.4, -0.2) is 47.8 Å². The van der Waals surface area contributed by atoms with Gasteiger partial charge in [0.05, 0.1) is 18.8 Å². The van der Waals surface area contributed by atoms with Crippen molar-refractivity contribution >= 4 is 12.0 Å². The molecule has 1 aliphatic heterocycles. The average molecular weight is 288 g/mol. The van der Waals surface area contributed by atoms with Crippen LogP contribution in [0.1, 0.15) is 15.9 Å². The summed E-state index contributed by atoms with van der Waals surface area (Å²) in [5.74, 6) is 1.55. The van der Waals surface area contributed by atoms with Gasteiger partial charge in [-0.2, -0.15) is 0 Å². The fourth-order valence-corrected chi connectivity index (χ4v) is 2.03. The van der Waals surface area contributed by atoms with Crippen LogP contribution in [0.4, 0.5) is 4.79 Å². The van der Waals surface area contributed by atoms with E-state index in [0.29, 0.717) is 26.3 Å². The highest BCUT2D eigenvalue weighted by molar-refractivity contribution is 5.87. The average Bonchev–Trinajstić information content (AvgIpc) is 2.52. The number of amides is 2. The lowest BCUT2D eigenvalue weighted by molar-refractivity contribution is 0.0315. The molecule has 0 aromatic heterocycles. The first-order valence-corrected chi connectivity index (χ1v) is 6.52. The number of aromatic carboxylic acids is 1. The minimum absolute atomic E-state index is 0.214. The molecular formula is C15H16N2O4. The van der Waals surface area contributed by atoms with E-state index in [-0.39, 0.29) is 17.6 Å². The molecule has 2 amide bonds. The van der Waals surface area contributed by atoms with Crippen molar-refractivity contribution in [3.8, 4) is 12.3 Å². The molecule has 6 heteroatoms. The lowest BCUT2D eigenvalue weighted by Gasteiger charge is -2.32. The molecule has 21 heavy (non-hydrogen) atoms. The molecule has 1 saturated heterocycles. The number of carboxylic acid groups (broad SMARTS) is 1. The number of carboxylic acids is 1. The molecule has 6 nitrogen and oxygen atoms in total. The van der Waals surface area contributed by atoms with Crippen LogP contribution in [0.3, 0.4) is 0 Å². The van der Waals surface area contributed by atoms with E-state index in [1.165, 1.54) is 12.1 Å². The fraction of sp³-hybridized carbons (Fsp3) is 0.333. The number of carbonyl (C=O) groups excluding carboxylic acids is 1. The third-order valence-electron chi connectivity index (χ3n) is 3.23. The van der Waals surface area contributed by atoms with Crippen LogP contribution in [0, 0.1) is 12.3 Å². The summed E-state index contributed by atoms with van der Waals surface area (Å²) in [4.78, 5) is 24.4. The lowest BCUT2D eigenvalue weighted by Crippen LogP contribution is -2.51. The number of benzene rings is 1. The van der Waals surface area contributed by atoms with E-state index >= 15 is 0 Å². The van der Waals surface area contributed by atoms with E-state index in [1.807, 2.05) is 0 Å². The fourth-order valence-electron chi connectivity index (χ4n) is 2.03. The van der Waals surface area contributed by atoms with Crippen LogP contribution in [0.25, 0.3) is 0 Å². The van der Waals surface area contributed by atoms with Crippen molar-refractivity contribution in [3.05, 3.63) is 35.4 Å². The van der Waals surface area contributed by atoms with Crippen LogP contribution in [0.15, 0.2) is 24.3 Å². The summed E-state index contributed by atoms with van der Waals surface area (Å²) < 4.78 is 5.23. The van der Waals surface area contributed by atoms with Gasteiger partial charge < -0.3 is 20.1 Å². The molecule has 2 N–H and O–H groups in total. The Hall–Kier alpha value is -2.52. The Morgan fingerprint density at radius 1 is 1.43 bits per heavy atom. The minimum atomic E-state index is -0.976. The third kappa shape index (κ3) is 3.74. The number of hydrogen-bond donors (Lipinski definition) is 2. The number of nitrogens with one attached hydrogen (secondary N) is 1. The van der Waals surface area contributed by atoms with Crippen molar-refractivity contribution in [3.63, 3.8) is 0 Å². The molecule has 2 rings (SSSR count). The molecule has 0 bridgehead atoms. The van der Waals surface area contributed by atoms with E-state index in [4.69, 9.17) is 16.3 Å². The zero-order valence-corrected chi connectivity index (χ0v) is 11.4. The number of ether oxygens (including phenoxy) is 1. The SMILES string of the molecule is C#CC1COCCN1C(=O)NCc1ccc(C(=O)O)cc1. The van der Waals surface area contributed by atoms with Crippen molar-refractivity contribution < 1.29 is 19.4 Å². The standard InChI is InChI=1S/C15H16N2O4/c1-2-13-10-21-8-7-17(13)15(20)16-9-11-3-5-12(6-4-11)14(18)19/h1,3-6,13H,7-10H2,(H,16,20)(H,18,19). The van der Waals surface area contributed by atoms with Crippen LogP contribution in [0.5, 0.6) is 0 Å². The number of nitrogens with zero attached hydrogens (tertiary/aromatic N) is 1. The van der Waals surface area contributed by atoms with E-state index in [0.717, 1.165) is 5.56 Å². The number of morpholine rings is 1. The summed E-state index contributed by atoms with van der Waals surface area (Å²) >= 11 is 0. The highest BCUT2D eigenvalue weighted by Crippen LogP contribution is 2.08. The predicted molar refractivity (Wildman–Crippen MR) is 75.8 cm³/mol. The quantitative estimate of drug-likeness (QED) is 0.811. The van der Waals surface area contributed by atoms with Crippen LogP contribution in [0.2, 0.25) is 0 Å². The number of hydrogen-bond acceptors (Lipinski definition) is 3. The molecule has 1 atom stereocenters. The molecule has 110 valence electrons. The number of carbonyl (C=O) groups is 2. The van der Waals surface area contributed by atoms with Crippen molar-refractivity contribution in [1.29, 1.82) is 0 Å². The van der Waals surface area contributed by atoms with Crippen LogP contribution in [-0.2, 0) is 11.3 Å². The highest BCUT2D eigenvalue weighted by Gasteiger charge is 2.25. The molecule has 0 radical (unpaired) electrons. The first-order valence-electron chi connectivity index (χ1n) is 6.52. The molecule has 1 aromatic carbocycles. The van der Waals surface area contributed by atoms with Gasteiger partial charge in [0.15, 0.2) is 0 Å². The summed E-state index contributed by atoms with van der Waals surface area (Å²) in [5, 5.41) is 11.6. The maximum absolute atomic E-state index is 12.1. The number of urea groups is 1. The van der Waals surface area contributed by atoms with Crippen molar-refractivity contribution in [2.45, 2.75) is 12.6 Å². The van der Waals surface area contributed by atoms with Gasteiger partial charge in [0.2, 0.25) is 0 Å². The Kier molecular flexibility index (Phi) is 4.80. The summed E-state index contributed by atoms with van der Waals surface area (Å²) in [6.45, 7) is 1.59. The molecule has 1 fully saturated rings. The second-order valence-electron chi connectivity index (χ2n) is 4.61. The molecule has 0 spiro atoms. The van der Waals surface area contributed by atoms with Gasteiger partial charge in [0, 0.05) is 13.1 Å². The second-order valence-corrected chi connectivity index (χ2v) is 4.61. The van der Waals surface area contributed by atoms with Crippen molar-refractivity contribution in [2.24, 2.45) is 0 Å². The molecule has 0 saturated carbocycles. The number of terminal acetylenes is 1. The van der Waals surface area contributed by atoms with Gasteiger partial charge >= 0.3 is 12.0 Å². The van der Waals surface area contributed by atoms with Crippen LogP contribution < -0.4 is 5.32 Å². The Labute approximate surface area is 122 Å². The van der Waals surface area contributed by atoms with Gasteiger partial charge in [-0.1, -0.05) is 18.1 Å². The minimum Gasteiger partial charge on any atom is -0.478 e. The smallest absolute Gasteiger partial charge is 0.335 e. The first kappa shape index (κ1) is 14.9. The summed E-state index contributed by atoms with van der Waals surface area (Å²) in [7, 11) is 0. The first-order chi connectivity index (χ1) is 10.1. The van der Waals surface area contributed by atoms with Crippen molar-refractivity contribution in [1.82, 2.24) is 10.2 Å². The summed E-state index contributed by atoms with van der Waals surface area (Å²) in [6.07, 6.45) is 5.38. The van der Waals surface area contributed by atoms with Crippen molar-refractivity contribution in [2.75, 3.05) is 19.8 Å². The van der Waals surface area contributed by atoms with E-state index < -0.39 is 5.97 Å².